The highest BCUT2D eigenvalue weighted by Gasteiger charge is 2.20. The van der Waals surface area contributed by atoms with E-state index in [9.17, 15) is 0 Å². The van der Waals surface area contributed by atoms with Gasteiger partial charge >= 0.3 is 0 Å². The predicted octanol–water partition coefficient (Wildman–Crippen LogP) is 3.69. The van der Waals surface area contributed by atoms with E-state index in [1.165, 1.54) is 22.4 Å². The van der Waals surface area contributed by atoms with E-state index in [4.69, 9.17) is 9.97 Å². The summed E-state index contributed by atoms with van der Waals surface area (Å²) >= 11 is 3.62. The first kappa shape index (κ1) is 12.0. The van der Waals surface area contributed by atoms with Gasteiger partial charge in [-0.3, -0.25) is 0 Å². The summed E-state index contributed by atoms with van der Waals surface area (Å²) in [6, 6.07) is 0. The van der Waals surface area contributed by atoms with Crippen molar-refractivity contribution in [1.29, 1.82) is 0 Å². The normalized spacial score (nSPS) is 13.7. The van der Waals surface area contributed by atoms with Gasteiger partial charge < -0.3 is 5.32 Å². The van der Waals surface area contributed by atoms with Crippen LogP contribution in [-0.4, -0.2) is 16.5 Å². The minimum absolute atomic E-state index is 0.867. The van der Waals surface area contributed by atoms with E-state index >= 15 is 0 Å². The molecule has 0 saturated heterocycles. The fourth-order valence-corrected chi connectivity index (χ4v) is 3.94. The number of aryl methyl sites for hydroxylation is 1. The van der Waals surface area contributed by atoms with Crippen LogP contribution in [-0.2, 0) is 11.5 Å². The first-order chi connectivity index (χ1) is 8.79. The Morgan fingerprint density at radius 1 is 1.28 bits per heavy atom. The number of nitrogens with one attached hydrogen (secondary N) is 1. The second-order valence-electron chi connectivity index (χ2n) is 4.31. The summed E-state index contributed by atoms with van der Waals surface area (Å²) in [5.41, 5.74) is 4.91. The molecule has 3 heterocycles. The number of aromatic nitrogens is 2. The molecule has 0 atom stereocenters. The van der Waals surface area contributed by atoms with Crippen LogP contribution >= 0.6 is 23.1 Å². The van der Waals surface area contributed by atoms with E-state index < -0.39 is 0 Å². The van der Waals surface area contributed by atoms with Gasteiger partial charge in [0.05, 0.1) is 5.69 Å². The molecule has 5 heteroatoms. The Bertz CT molecular complexity index is 578. The van der Waals surface area contributed by atoms with E-state index in [1.54, 1.807) is 11.3 Å². The van der Waals surface area contributed by atoms with E-state index in [-0.39, 0.29) is 0 Å². The van der Waals surface area contributed by atoms with Gasteiger partial charge in [-0.25, -0.2) is 9.97 Å². The second kappa shape index (κ2) is 4.90. The molecule has 0 unspecified atom stereocenters. The Labute approximate surface area is 115 Å². The highest BCUT2D eigenvalue weighted by Crippen LogP contribution is 2.35. The lowest BCUT2D eigenvalue weighted by molar-refractivity contribution is 1.05. The van der Waals surface area contributed by atoms with Crippen molar-refractivity contribution in [1.82, 2.24) is 9.97 Å². The molecule has 2 aromatic rings. The summed E-state index contributed by atoms with van der Waals surface area (Å²) in [5.74, 6) is 3.92. The fraction of sp³-hybridized carbons (Fsp3) is 0.385. The molecule has 1 N–H and O–H groups in total. The highest BCUT2D eigenvalue weighted by atomic mass is 32.2. The molecule has 1 aliphatic heterocycles. The molecule has 18 heavy (non-hydrogen) atoms. The quantitative estimate of drug-likeness (QED) is 0.928. The maximum Gasteiger partial charge on any atom is 0.162 e. The van der Waals surface area contributed by atoms with Crippen molar-refractivity contribution in [2.45, 2.75) is 25.4 Å². The topological polar surface area (TPSA) is 37.8 Å². The standard InChI is InChI=1S/C13H15N3S2/c1-3-14-12-10-6-18-7-11(10)15-13(16-12)9-5-17-4-8(9)2/h4-5H,3,6-7H2,1-2H3,(H,14,15,16). The average molecular weight is 277 g/mol. The molecular weight excluding hydrogens is 262 g/mol. The molecule has 0 saturated carbocycles. The van der Waals surface area contributed by atoms with Crippen molar-refractivity contribution in [3.63, 3.8) is 0 Å². The second-order valence-corrected chi connectivity index (χ2v) is 6.04. The van der Waals surface area contributed by atoms with Crippen LogP contribution < -0.4 is 5.32 Å². The molecule has 0 aliphatic carbocycles. The van der Waals surface area contributed by atoms with Crippen molar-refractivity contribution in [3.8, 4) is 11.4 Å². The van der Waals surface area contributed by atoms with Gasteiger partial charge in [-0.2, -0.15) is 23.1 Å². The minimum atomic E-state index is 0.867. The van der Waals surface area contributed by atoms with Crippen LogP contribution in [0.4, 0.5) is 5.82 Å². The van der Waals surface area contributed by atoms with Crippen molar-refractivity contribution >= 4 is 28.9 Å². The molecule has 1 aliphatic rings. The minimum Gasteiger partial charge on any atom is -0.370 e. The smallest absolute Gasteiger partial charge is 0.162 e. The number of thioether (sulfide) groups is 1. The van der Waals surface area contributed by atoms with Gasteiger partial charge in [0.1, 0.15) is 5.82 Å². The molecule has 0 amide bonds. The number of hydrogen-bond acceptors (Lipinski definition) is 5. The summed E-state index contributed by atoms with van der Waals surface area (Å²) in [6.45, 7) is 5.12. The number of thiophene rings is 1. The summed E-state index contributed by atoms with van der Waals surface area (Å²) in [6.07, 6.45) is 0. The third-order valence-electron chi connectivity index (χ3n) is 3.02. The van der Waals surface area contributed by atoms with Crippen LogP contribution in [0, 0.1) is 6.92 Å². The van der Waals surface area contributed by atoms with Crippen LogP contribution in [0.25, 0.3) is 11.4 Å². The van der Waals surface area contributed by atoms with E-state index in [0.717, 1.165) is 29.7 Å². The van der Waals surface area contributed by atoms with Crippen molar-refractivity contribution in [2.24, 2.45) is 0 Å². The zero-order valence-corrected chi connectivity index (χ0v) is 12.1. The van der Waals surface area contributed by atoms with Crippen LogP contribution in [0.15, 0.2) is 10.8 Å². The average Bonchev–Trinajstić information content (AvgIpc) is 2.97. The predicted molar refractivity (Wildman–Crippen MR) is 79.2 cm³/mol. The zero-order chi connectivity index (χ0) is 12.5. The lowest BCUT2D eigenvalue weighted by atomic mass is 10.2. The Morgan fingerprint density at radius 2 is 2.17 bits per heavy atom. The Balaban J connectivity index is 2.12. The van der Waals surface area contributed by atoms with Crippen molar-refractivity contribution in [3.05, 3.63) is 27.6 Å². The monoisotopic (exact) mass is 277 g/mol. The number of nitrogens with zero attached hydrogens (tertiary/aromatic N) is 2. The molecule has 0 aromatic carbocycles. The molecule has 0 bridgehead atoms. The first-order valence-electron chi connectivity index (χ1n) is 6.04. The number of hydrogen-bond donors (Lipinski definition) is 1. The van der Waals surface area contributed by atoms with Gasteiger partial charge in [-0.1, -0.05) is 0 Å². The van der Waals surface area contributed by atoms with Crippen LogP contribution in [0.1, 0.15) is 23.7 Å². The number of rotatable bonds is 3. The summed E-state index contributed by atoms with van der Waals surface area (Å²) in [4.78, 5) is 9.44. The third-order valence-corrected chi connectivity index (χ3v) is 4.85. The molecule has 0 radical (unpaired) electrons. The van der Waals surface area contributed by atoms with E-state index in [1.807, 2.05) is 11.8 Å². The van der Waals surface area contributed by atoms with E-state index in [0.29, 0.717) is 0 Å². The Kier molecular flexibility index (Phi) is 3.26. The maximum atomic E-state index is 4.73. The zero-order valence-electron chi connectivity index (χ0n) is 10.5. The van der Waals surface area contributed by atoms with Crippen molar-refractivity contribution in [2.75, 3.05) is 11.9 Å². The number of anilines is 1. The van der Waals surface area contributed by atoms with Gasteiger partial charge in [0.25, 0.3) is 0 Å². The molecule has 2 aromatic heterocycles. The fourth-order valence-electron chi connectivity index (χ4n) is 2.07. The first-order valence-corrected chi connectivity index (χ1v) is 8.14. The van der Waals surface area contributed by atoms with Crippen LogP contribution in [0.3, 0.4) is 0 Å². The van der Waals surface area contributed by atoms with Crippen molar-refractivity contribution < 1.29 is 0 Å². The van der Waals surface area contributed by atoms with Gasteiger partial charge in [-0.05, 0) is 24.8 Å². The summed E-state index contributed by atoms with van der Waals surface area (Å²) in [7, 11) is 0. The summed E-state index contributed by atoms with van der Waals surface area (Å²) < 4.78 is 0. The van der Waals surface area contributed by atoms with Gasteiger partial charge in [-0.15, -0.1) is 0 Å². The number of fused-ring (bicyclic) bond motifs is 1. The van der Waals surface area contributed by atoms with Gasteiger partial charge in [0, 0.05) is 34.6 Å². The lowest BCUT2D eigenvalue weighted by Crippen LogP contribution is -2.06. The SMILES string of the molecule is CCNc1nc(-c2cscc2C)nc2c1CSC2. The molecule has 3 rings (SSSR count). The van der Waals surface area contributed by atoms with Crippen LogP contribution in [0.2, 0.25) is 0 Å². The van der Waals surface area contributed by atoms with Crippen LogP contribution in [0.5, 0.6) is 0 Å². The van der Waals surface area contributed by atoms with E-state index in [2.05, 4.69) is 29.9 Å². The Morgan fingerprint density at radius 3 is 2.89 bits per heavy atom. The van der Waals surface area contributed by atoms with Gasteiger partial charge in [0.15, 0.2) is 5.82 Å². The molecule has 94 valence electrons. The summed E-state index contributed by atoms with van der Waals surface area (Å²) in [5, 5.41) is 7.65. The molecule has 3 nitrogen and oxygen atoms in total. The largest absolute Gasteiger partial charge is 0.370 e. The highest BCUT2D eigenvalue weighted by molar-refractivity contribution is 7.98. The van der Waals surface area contributed by atoms with Gasteiger partial charge in [0.2, 0.25) is 0 Å². The molecular formula is C13H15N3S2. The molecule has 0 spiro atoms. The third kappa shape index (κ3) is 2.01. The Hall–Kier alpha value is -1.07. The molecule has 0 fully saturated rings. The maximum absolute atomic E-state index is 4.73. The lowest BCUT2D eigenvalue weighted by Gasteiger charge is -2.10.